The van der Waals surface area contributed by atoms with E-state index in [1.807, 2.05) is 19.1 Å². The Hall–Kier alpha value is -2.30. The van der Waals surface area contributed by atoms with Crippen molar-refractivity contribution in [2.45, 2.75) is 20.4 Å². The maximum absolute atomic E-state index is 11.5. The lowest BCUT2D eigenvalue weighted by molar-refractivity contribution is 0.0526. The van der Waals surface area contributed by atoms with Crippen LogP contribution in [0.3, 0.4) is 0 Å². The quantitative estimate of drug-likeness (QED) is 0.359. The molecule has 3 N–H and O–H groups in total. The molecule has 1 rings (SSSR count). The van der Waals surface area contributed by atoms with Gasteiger partial charge in [0.25, 0.3) is 0 Å². The first-order valence-electron chi connectivity index (χ1n) is 6.47. The lowest BCUT2D eigenvalue weighted by Gasteiger charge is -2.05. The predicted molar refractivity (Wildman–Crippen MR) is 80.5 cm³/mol. The number of ether oxygens (including phenoxy) is 1. The standard InChI is InChI=1S/C15H21N3O2/c1-4-20-14(19)13-7-5-12(6-8-13)10-18-15(16)17-9-11(2)3/h5-8H,2,4,9-10H2,1,3H3,(H3,16,17,18). The molecule has 0 spiro atoms. The number of hydrogen-bond donors (Lipinski definition) is 2. The summed E-state index contributed by atoms with van der Waals surface area (Å²) in [4.78, 5) is 15.7. The first-order valence-corrected chi connectivity index (χ1v) is 6.47. The average molecular weight is 275 g/mol. The number of esters is 1. The average Bonchev–Trinajstić information content (AvgIpc) is 2.43. The van der Waals surface area contributed by atoms with Gasteiger partial charge in [-0.3, -0.25) is 0 Å². The van der Waals surface area contributed by atoms with Gasteiger partial charge in [0, 0.05) is 6.54 Å². The number of benzene rings is 1. The normalized spacial score (nSPS) is 11.0. The number of nitrogens with zero attached hydrogens (tertiary/aromatic N) is 1. The third-order valence-electron chi connectivity index (χ3n) is 2.47. The van der Waals surface area contributed by atoms with E-state index in [1.165, 1.54) is 0 Å². The van der Waals surface area contributed by atoms with Crippen LogP contribution in [0.2, 0.25) is 0 Å². The Labute approximate surface area is 119 Å². The third-order valence-corrected chi connectivity index (χ3v) is 2.47. The van der Waals surface area contributed by atoms with Gasteiger partial charge in [0.05, 0.1) is 18.7 Å². The van der Waals surface area contributed by atoms with Crippen molar-refractivity contribution in [3.05, 3.63) is 47.5 Å². The molecule has 108 valence electrons. The lowest BCUT2D eigenvalue weighted by Crippen LogP contribution is -2.32. The second-order valence-corrected chi connectivity index (χ2v) is 4.43. The van der Waals surface area contributed by atoms with Crippen LogP contribution in [0, 0.1) is 0 Å². The fraction of sp³-hybridized carbons (Fsp3) is 0.333. The minimum atomic E-state index is -0.315. The molecule has 1 aromatic rings. The summed E-state index contributed by atoms with van der Waals surface area (Å²) in [6.07, 6.45) is 0. The molecule has 0 fully saturated rings. The minimum absolute atomic E-state index is 0.315. The Bertz CT molecular complexity index is 492. The van der Waals surface area contributed by atoms with Crippen molar-refractivity contribution in [2.75, 3.05) is 13.2 Å². The Morgan fingerprint density at radius 2 is 2.05 bits per heavy atom. The molecule has 0 aliphatic heterocycles. The largest absolute Gasteiger partial charge is 0.462 e. The van der Waals surface area contributed by atoms with Crippen LogP contribution in [0.4, 0.5) is 0 Å². The number of guanidine groups is 1. The SMILES string of the molecule is C=C(C)CNC(N)=NCc1ccc(C(=O)OCC)cc1. The van der Waals surface area contributed by atoms with Crippen LogP contribution in [-0.2, 0) is 11.3 Å². The number of carbonyl (C=O) groups excluding carboxylic acids is 1. The van der Waals surface area contributed by atoms with E-state index in [2.05, 4.69) is 16.9 Å². The first-order chi connectivity index (χ1) is 9.52. The Morgan fingerprint density at radius 3 is 2.60 bits per heavy atom. The van der Waals surface area contributed by atoms with Crippen LogP contribution < -0.4 is 11.1 Å². The van der Waals surface area contributed by atoms with E-state index in [0.29, 0.717) is 31.2 Å². The summed E-state index contributed by atoms with van der Waals surface area (Å²) < 4.78 is 4.92. The maximum Gasteiger partial charge on any atom is 0.338 e. The predicted octanol–water partition coefficient (Wildman–Crippen LogP) is 1.84. The van der Waals surface area contributed by atoms with Crippen molar-refractivity contribution in [3.63, 3.8) is 0 Å². The zero-order chi connectivity index (χ0) is 15.0. The van der Waals surface area contributed by atoms with Crippen LogP contribution in [-0.4, -0.2) is 25.1 Å². The van der Waals surface area contributed by atoms with Crippen molar-refractivity contribution < 1.29 is 9.53 Å². The molecular formula is C15H21N3O2. The van der Waals surface area contributed by atoms with E-state index < -0.39 is 0 Å². The summed E-state index contributed by atoms with van der Waals surface area (Å²) in [5, 5.41) is 2.95. The minimum Gasteiger partial charge on any atom is -0.462 e. The number of nitrogens with two attached hydrogens (primary N) is 1. The van der Waals surface area contributed by atoms with E-state index in [4.69, 9.17) is 10.5 Å². The monoisotopic (exact) mass is 275 g/mol. The summed E-state index contributed by atoms with van der Waals surface area (Å²) in [5.74, 6) is 0.0626. The van der Waals surface area contributed by atoms with Gasteiger partial charge < -0.3 is 15.8 Å². The molecule has 0 aromatic heterocycles. The van der Waals surface area contributed by atoms with Crippen LogP contribution >= 0.6 is 0 Å². The molecule has 0 radical (unpaired) electrons. The van der Waals surface area contributed by atoms with Gasteiger partial charge >= 0.3 is 5.97 Å². The fourth-order valence-corrected chi connectivity index (χ4v) is 1.43. The highest BCUT2D eigenvalue weighted by Crippen LogP contribution is 2.07. The summed E-state index contributed by atoms with van der Waals surface area (Å²) in [5.41, 5.74) is 8.20. The van der Waals surface area contributed by atoms with Crippen LogP contribution in [0.5, 0.6) is 0 Å². The number of aliphatic imine (C=N–C) groups is 1. The van der Waals surface area contributed by atoms with Crippen molar-refractivity contribution >= 4 is 11.9 Å². The van der Waals surface area contributed by atoms with Crippen molar-refractivity contribution in [3.8, 4) is 0 Å². The lowest BCUT2D eigenvalue weighted by atomic mass is 10.1. The van der Waals surface area contributed by atoms with Gasteiger partial charge in [-0.25, -0.2) is 9.79 Å². The van der Waals surface area contributed by atoms with E-state index in [1.54, 1.807) is 19.1 Å². The van der Waals surface area contributed by atoms with Crippen LogP contribution in [0.15, 0.2) is 41.4 Å². The van der Waals surface area contributed by atoms with Gasteiger partial charge in [0.2, 0.25) is 0 Å². The molecule has 1 aromatic carbocycles. The fourth-order valence-electron chi connectivity index (χ4n) is 1.43. The number of hydrogen-bond acceptors (Lipinski definition) is 3. The Morgan fingerprint density at radius 1 is 1.40 bits per heavy atom. The van der Waals surface area contributed by atoms with Crippen LogP contribution in [0.1, 0.15) is 29.8 Å². The molecule has 0 aliphatic carbocycles. The van der Waals surface area contributed by atoms with Crippen molar-refractivity contribution in [1.82, 2.24) is 5.32 Å². The molecule has 20 heavy (non-hydrogen) atoms. The maximum atomic E-state index is 11.5. The molecule has 0 heterocycles. The van der Waals surface area contributed by atoms with E-state index in [0.717, 1.165) is 11.1 Å². The van der Waals surface area contributed by atoms with E-state index >= 15 is 0 Å². The molecule has 0 bridgehead atoms. The zero-order valence-corrected chi connectivity index (χ0v) is 12.0. The summed E-state index contributed by atoms with van der Waals surface area (Å²) in [6, 6.07) is 7.12. The van der Waals surface area contributed by atoms with Crippen LogP contribution in [0.25, 0.3) is 0 Å². The molecule has 5 heteroatoms. The number of carbonyl (C=O) groups is 1. The van der Waals surface area contributed by atoms with Gasteiger partial charge in [-0.2, -0.15) is 0 Å². The number of rotatable bonds is 6. The van der Waals surface area contributed by atoms with Gasteiger partial charge in [-0.15, -0.1) is 0 Å². The Balaban J connectivity index is 2.55. The number of nitrogens with one attached hydrogen (secondary N) is 1. The summed E-state index contributed by atoms with van der Waals surface area (Å²) >= 11 is 0. The molecule has 0 saturated heterocycles. The Kier molecular flexibility index (Phi) is 6.29. The highest BCUT2D eigenvalue weighted by Gasteiger charge is 2.05. The first kappa shape index (κ1) is 15.8. The van der Waals surface area contributed by atoms with Gasteiger partial charge in [0.1, 0.15) is 0 Å². The molecule has 0 aliphatic rings. The smallest absolute Gasteiger partial charge is 0.338 e. The molecule has 0 amide bonds. The summed E-state index contributed by atoms with van der Waals surface area (Å²) in [6.45, 7) is 8.90. The second kappa shape index (κ2) is 7.99. The van der Waals surface area contributed by atoms with E-state index in [-0.39, 0.29) is 5.97 Å². The van der Waals surface area contributed by atoms with Gasteiger partial charge in [0.15, 0.2) is 5.96 Å². The molecule has 0 saturated carbocycles. The van der Waals surface area contributed by atoms with E-state index in [9.17, 15) is 4.79 Å². The topological polar surface area (TPSA) is 76.7 Å². The second-order valence-electron chi connectivity index (χ2n) is 4.43. The van der Waals surface area contributed by atoms with Crippen molar-refractivity contribution in [2.24, 2.45) is 10.7 Å². The highest BCUT2D eigenvalue weighted by molar-refractivity contribution is 5.89. The highest BCUT2D eigenvalue weighted by atomic mass is 16.5. The molecular weight excluding hydrogens is 254 g/mol. The molecule has 0 atom stereocenters. The van der Waals surface area contributed by atoms with Gasteiger partial charge in [-0.05, 0) is 31.5 Å². The molecule has 5 nitrogen and oxygen atoms in total. The van der Waals surface area contributed by atoms with Crippen molar-refractivity contribution in [1.29, 1.82) is 0 Å². The van der Waals surface area contributed by atoms with Gasteiger partial charge in [-0.1, -0.05) is 24.3 Å². The zero-order valence-electron chi connectivity index (χ0n) is 12.0. The molecule has 0 unspecified atom stereocenters. The third kappa shape index (κ3) is 5.56. The summed E-state index contributed by atoms with van der Waals surface area (Å²) in [7, 11) is 0.